The van der Waals surface area contributed by atoms with Crippen LogP contribution in [0.15, 0.2) is 84.5 Å². The number of pyridine rings is 1. The third-order valence-electron chi connectivity index (χ3n) is 5.92. The monoisotopic (exact) mass is 474 g/mol. The van der Waals surface area contributed by atoms with Gasteiger partial charge in [-0.1, -0.05) is 55.1 Å². The summed E-state index contributed by atoms with van der Waals surface area (Å²) in [5.74, 6) is 1.23. The summed E-state index contributed by atoms with van der Waals surface area (Å²) in [6, 6.07) is 18.2. The van der Waals surface area contributed by atoms with Crippen LogP contribution < -0.4 is 4.74 Å². The molecular weight excluding hydrogens is 448 g/mol. The van der Waals surface area contributed by atoms with Gasteiger partial charge in [0.1, 0.15) is 23.4 Å². The topological polar surface area (TPSA) is 70.4 Å². The summed E-state index contributed by atoms with van der Waals surface area (Å²) >= 11 is 0. The minimum absolute atomic E-state index is 0.186. The van der Waals surface area contributed by atoms with Crippen molar-refractivity contribution in [1.29, 1.82) is 0 Å². The molecule has 2 aromatic carbocycles. The molecule has 0 bridgehead atoms. The van der Waals surface area contributed by atoms with Gasteiger partial charge in [-0.25, -0.2) is 12.4 Å². The number of ether oxygens (including phenoxy) is 2. The first-order valence-corrected chi connectivity index (χ1v) is 12.8. The largest absolute Gasteiger partial charge is 0.494 e. The Bertz CT molecular complexity index is 1440. The maximum atomic E-state index is 13.8. The highest BCUT2D eigenvalue weighted by Gasteiger charge is 2.33. The molecule has 174 valence electrons. The smallest absolute Gasteiger partial charge is 0.268 e. The Kier molecular flexibility index (Phi) is 5.87. The van der Waals surface area contributed by atoms with Crippen molar-refractivity contribution in [2.24, 2.45) is 0 Å². The number of fused-ring (bicyclic) bond motifs is 1. The summed E-state index contributed by atoms with van der Waals surface area (Å²) in [6.07, 6.45) is 5.41. The first kappa shape index (κ1) is 22.2. The summed E-state index contributed by atoms with van der Waals surface area (Å²) < 4.78 is 40.8. The van der Waals surface area contributed by atoms with Crippen molar-refractivity contribution in [3.63, 3.8) is 0 Å². The van der Waals surface area contributed by atoms with E-state index in [9.17, 15) is 8.42 Å². The Labute approximate surface area is 199 Å². The Hall–Kier alpha value is -3.58. The number of hydrogen-bond acceptors (Lipinski definition) is 5. The van der Waals surface area contributed by atoms with Gasteiger partial charge >= 0.3 is 0 Å². The number of hydrogen-bond donors (Lipinski definition) is 0. The molecular formula is C27H26N2O4S. The molecule has 1 aliphatic rings. The van der Waals surface area contributed by atoms with Crippen molar-refractivity contribution in [2.75, 3.05) is 6.61 Å². The van der Waals surface area contributed by atoms with Crippen LogP contribution in [0.2, 0.25) is 0 Å². The Morgan fingerprint density at radius 1 is 1.09 bits per heavy atom. The van der Waals surface area contributed by atoms with Crippen molar-refractivity contribution >= 4 is 26.8 Å². The summed E-state index contributed by atoms with van der Waals surface area (Å²) in [4.78, 5) is 4.87. The van der Waals surface area contributed by atoms with E-state index in [-0.39, 0.29) is 4.90 Å². The Morgan fingerprint density at radius 2 is 1.76 bits per heavy atom. The van der Waals surface area contributed by atoms with Crippen LogP contribution in [0.3, 0.4) is 0 Å². The molecule has 34 heavy (non-hydrogen) atoms. The van der Waals surface area contributed by atoms with Crippen LogP contribution in [-0.4, -0.2) is 24.0 Å². The van der Waals surface area contributed by atoms with Crippen molar-refractivity contribution in [3.05, 3.63) is 96.3 Å². The van der Waals surface area contributed by atoms with E-state index in [2.05, 4.69) is 11.6 Å². The summed E-state index contributed by atoms with van der Waals surface area (Å²) in [5.41, 5.74) is 3.37. The van der Waals surface area contributed by atoms with Crippen LogP contribution in [0.25, 0.3) is 16.8 Å². The summed E-state index contributed by atoms with van der Waals surface area (Å²) in [6.45, 7) is 6.60. The lowest BCUT2D eigenvalue weighted by Gasteiger charge is -2.15. The molecule has 0 saturated heterocycles. The predicted molar refractivity (Wildman–Crippen MR) is 132 cm³/mol. The van der Waals surface area contributed by atoms with E-state index in [1.165, 1.54) is 3.97 Å². The zero-order valence-electron chi connectivity index (χ0n) is 19.0. The second-order valence-electron chi connectivity index (χ2n) is 8.30. The highest BCUT2D eigenvalue weighted by atomic mass is 32.2. The Morgan fingerprint density at radius 3 is 2.41 bits per heavy atom. The molecule has 1 saturated carbocycles. The summed E-state index contributed by atoms with van der Waals surface area (Å²) in [7, 11) is -3.92. The van der Waals surface area contributed by atoms with Crippen molar-refractivity contribution < 1.29 is 17.9 Å². The van der Waals surface area contributed by atoms with Crippen LogP contribution in [0.4, 0.5) is 0 Å². The quantitative estimate of drug-likeness (QED) is 0.290. The van der Waals surface area contributed by atoms with Gasteiger partial charge in [0.25, 0.3) is 10.0 Å². The molecule has 1 fully saturated rings. The molecule has 0 atom stereocenters. The second-order valence-corrected chi connectivity index (χ2v) is 10.1. The molecule has 2 heterocycles. The molecule has 2 aromatic heterocycles. The SMILES string of the molecule is C=C(OCC)c1cn(S(=O)(=O)c2ccccc2)c2c(OCc3ccccc3)c(C3CC3)cnc12. The van der Waals surface area contributed by atoms with Gasteiger partial charge < -0.3 is 9.47 Å². The molecule has 0 N–H and O–H groups in total. The van der Waals surface area contributed by atoms with E-state index in [1.807, 2.05) is 43.5 Å². The van der Waals surface area contributed by atoms with E-state index < -0.39 is 10.0 Å². The molecule has 0 spiro atoms. The van der Waals surface area contributed by atoms with Crippen LogP contribution >= 0.6 is 0 Å². The van der Waals surface area contributed by atoms with Crippen molar-refractivity contribution in [3.8, 4) is 5.75 Å². The molecule has 1 aliphatic carbocycles. The first-order chi connectivity index (χ1) is 16.5. The van der Waals surface area contributed by atoms with E-state index in [0.29, 0.717) is 47.2 Å². The molecule has 0 aliphatic heterocycles. The average Bonchev–Trinajstić information content (AvgIpc) is 3.62. The molecule has 6 nitrogen and oxygen atoms in total. The van der Waals surface area contributed by atoms with Crippen LogP contribution in [0, 0.1) is 0 Å². The minimum atomic E-state index is -3.92. The van der Waals surface area contributed by atoms with Crippen LogP contribution in [0.5, 0.6) is 5.75 Å². The van der Waals surface area contributed by atoms with Gasteiger partial charge in [0, 0.05) is 18.0 Å². The van der Waals surface area contributed by atoms with Gasteiger partial charge in [0.05, 0.1) is 17.1 Å². The van der Waals surface area contributed by atoms with Crippen LogP contribution in [-0.2, 0) is 21.4 Å². The number of rotatable bonds is 9. The molecule has 5 rings (SSSR count). The van der Waals surface area contributed by atoms with E-state index >= 15 is 0 Å². The molecule has 0 unspecified atom stereocenters. The first-order valence-electron chi connectivity index (χ1n) is 11.3. The number of nitrogens with zero attached hydrogens (tertiary/aromatic N) is 2. The predicted octanol–water partition coefficient (Wildman–Crippen LogP) is 5.74. The summed E-state index contributed by atoms with van der Waals surface area (Å²) in [5, 5.41) is 0. The Balaban J connectivity index is 1.74. The van der Waals surface area contributed by atoms with E-state index in [0.717, 1.165) is 24.0 Å². The van der Waals surface area contributed by atoms with Gasteiger partial charge in [-0.05, 0) is 43.4 Å². The number of benzene rings is 2. The third kappa shape index (κ3) is 4.07. The highest BCUT2D eigenvalue weighted by molar-refractivity contribution is 7.90. The minimum Gasteiger partial charge on any atom is -0.494 e. The van der Waals surface area contributed by atoms with Gasteiger partial charge in [0.15, 0.2) is 5.75 Å². The standard InChI is InChI=1S/C27H26N2O4S/c1-3-32-19(2)24-17-29(34(30,31)22-12-8-5-9-13-22)26-25(24)28-16-23(21-14-15-21)27(26)33-18-20-10-6-4-7-11-20/h4-13,16-17,21H,2-3,14-15,18H2,1H3. The number of aromatic nitrogens is 2. The molecule has 4 aromatic rings. The molecule has 0 amide bonds. The zero-order valence-corrected chi connectivity index (χ0v) is 19.8. The van der Waals surface area contributed by atoms with Gasteiger partial charge in [-0.2, -0.15) is 0 Å². The van der Waals surface area contributed by atoms with Gasteiger partial charge in [-0.15, -0.1) is 0 Å². The zero-order chi connectivity index (χ0) is 23.7. The van der Waals surface area contributed by atoms with Gasteiger partial charge in [-0.3, -0.25) is 4.98 Å². The lowest BCUT2D eigenvalue weighted by molar-refractivity contribution is 0.299. The van der Waals surface area contributed by atoms with E-state index in [4.69, 9.17) is 9.47 Å². The fourth-order valence-corrected chi connectivity index (χ4v) is 5.44. The lowest BCUT2D eigenvalue weighted by atomic mass is 10.1. The maximum Gasteiger partial charge on any atom is 0.268 e. The fourth-order valence-electron chi connectivity index (χ4n) is 4.06. The highest BCUT2D eigenvalue weighted by Crippen LogP contribution is 2.47. The average molecular weight is 475 g/mol. The normalized spacial score (nSPS) is 13.7. The fraction of sp³-hybridized carbons (Fsp3) is 0.222. The van der Waals surface area contributed by atoms with Crippen molar-refractivity contribution in [2.45, 2.75) is 37.2 Å². The maximum absolute atomic E-state index is 13.8. The second kappa shape index (κ2) is 8.99. The van der Waals surface area contributed by atoms with Crippen LogP contribution in [0.1, 0.15) is 42.4 Å². The van der Waals surface area contributed by atoms with E-state index in [1.54, 1.807) is 36.5 Å². The molecule has 7 heteroatoms. The molecule has 0 radical (unpaired) electrons. The third-order valence-corrected chi connectivity index (χ3v) is 7.59. The van der Waals surface area contributed by atoms with Gasteiger partial charge in [0.2, 0.25) is 0 Å². The van der Waals surface area contributed by atoms with Crippen molar-refractivity contribution in [1.82, 2.24) is 8.96 Å². The lowest BCUT2D eigenvalue weighted by Crippen LogP contribution is -2.13.